The summed E-state index contributed by atoms with van der Waals surface area (Å²) in [5.74, 6) is -0.124. The van der Waals surface area contributed by atoms with Crippen LogP contribution in [0.3, 0.4) is 0 Å². The van der Waals surface area contributed by atoms with E-state index in [2.05, 4.69) is 10.3 Å². The molecule has 8 heteroatoms. The average molecular weight is 353 g/mol. The van der Waals surface area contributed by atoms with Crippen molar-refractivity contribution in [2.45, 2.75) is 32.1 Å². The van der Waals surface area contributed by atoms with Gasteiger partial charge in [0, 0.05) is 25.3 Å². The van der Waals surface area contributed by atoms with Gasteiger partial charge < -0.3 is 10.1 Å². The van der Waals surface area contributed by atoms with E-state index in [0.29, 0.717) is 24.5 Å². The number of carbonyl (C=O) groups excluding carboxylic acids is 1. The van der Waals surface area contributed by atoms with Crippen molar-refractivity contribution in [3.8, 4) is 5.88 Å². The maximum Gasteiger partial charge on any atom is 0.256 e. The Morgan fingerprint density at radius 2 is 2.04 bits per heavy atom. The molecule has 2 heterocycles. The number of methoxy groups -OCH3 is 1. The van der Waals surface area contributed by atoms with Gasteiger partial charge in [0.25, 0.3) is 5.91 Å². The van der Waals surface area contributed by atoms with Crippen molar-refractivity contribution >= 4 is 15.9 Å². The van der Waals surface area contributed by atoms with Gasteiger partial charge in [-0.1, -0.05) is 0 Å². The van der Waals surface area contributed by atoms with Gasteiger partial charge in [0.05, 0.1) is 12.9 Å². The molecule has 0 atom stereocenters. The first-order valence-electron chi connectivity index (χ1n) is 8.34. The SMILES string of the molecule is COc1nc2c(cc1C(=O)NCCS(=O)(=O)N1CCCC1)CCC2. The standard InChI is InChI=1S/C16H23N3O4S/c1-23-16-13(11-12-5-4-6-14(12)18-16)15(20)17-7-10-24(21,22)19-8-2-3-9-19/h11H,2-10H2,1H3,(H,17,20). The number of ether oxygens (including phenoxy) is 1. The molecule has 0 radical (unpaired) electrons. The van der Waals surface area contributed by atoms with Gasteiger partial charge in [-0.3, -0.25) is 4.79 Å². The Bertz CT molecular complexity index is 727. The molecule has 1 N–H and O–H groups in total. The third-order valence-electron chi connectivity index (χ3n) is 4.56. The maximum absolute atomic E-state index is 12.4. The Labute approximate surface area is 142 Å². The molecule has 1 fully saturated rings. The molecule has 1 aromatic heterocycles. The fourth-order valence-electron chi connectivity index (χ4n) is 3.26. The molecule has 1 aliphatic heterocycles. The zero-order valence-electron chi connectivity index (χ0n) is 13.9. The number of aromatic nitrogens is 1. The Kier molecular flexibility index (Phi) is 5.05. The number of rotatable bonds is 6. The fraction of sp³-hybridized carbons (Fsp3) is 0.625. The molecule has 3 rings (SSSR count). The number of sulfonamides is 1. The normalized spacial score (nSPS) is 17.7. The van der Waals surface area contributed by atoms with E-state index in [4.69, 9.17) is 4.74 Å². The zero-order chi connectivity index (χ0) is 17.2. The second kappa shape index (κ2) is 7.06. The molecule has 1 saturated heterocycles. The van der Waals surface area contributed by atoms with Crippen molar-refractivity contribution in [2.75, 3.05) is 32.5 Å². The number of hydrogen-bond donors (Lipinski definition) is 1. The molecular weight excluding hydrogens is 330 g/mol. The molecule has 1 aliphatic carbocycles. The maximum atomic E-state index is 12.4. The van der Waals surface area contributed by atoms with E-state index >= 15 is 0 Å². The minimum Gasteiger partial charge on any atom is -0.480 e. The summed E-state index contributed by atoms with van der Waals surface area (Å²) in [6.45, 7) is 1.25. The largest absolute Gasteiger partial charge is 0.480 e. The summed E-state index contributed by atoms with van der Waals surface area (Å²) in [6.07, 6.45) is 4.66. The number of pyridine rings is 1. The predicted octanol–water partition coefficient (Wildman–Crippen LogP) is 0.734. The summed E-state index contributed by atoms with van der Waals surface area (Å²) in [6, 6.07) is 1.82. The molecule has 0 aromatic carbocycles. The Morgan fingerprint density at radius 3 is 2.75 bits per heavy atom. The highest BCUT2D eigenvalue weighted by Gasteiger charge is 2.25. The zero-order valence-corrected chi connectivity index (χ0v) is 14.7. The predicted molar refractivity (Wildman–Crippen MR) is 89.7 cm³/mol. The third kappa shape index (κ3) is 3.54. The number of nitrogens with one attached hydrogen (secondary N) is 1. The van der Waals surface area contributed by atoms with E-state index in [1.54, 1.807) is 0 Å². The smallest absolute Gasteiger partial charge is 0.256 e. The van der Waals surface area contributed by atoms with Crippen molar-refractivity contribution in [3.05, 3.63) is 22.9 Å². The average Bonchev–Trinajstić information content (AvgIpc) is 3.24. The lowest BCUT2D eigenvalue weighted by Crippen LogP contribution is -2.36. The minimum absolute atomic E-state index is 0.0813. The van der Waals surface area contributed by atoms with Gasteiger partial charge in [-0.25, -0.2) is 17.7 Å². The molecule has 1 aromatic rings. The van der Waals surface area contributed by atoms with Gasteiger partial charge in [0.15, 0.2) is 0 Å². The van der Waals surface area contributed by atoms with Crippen LogP contribution >= 0.6 is 0 Å². The van der Waals surface area contributed by atoms with E-state index in [-0.39, 0.29) is 18.2 Å². The first kappa shape index (κ1) is 17.2. The highest BCUT2D eigenvalue weighted by molar-refractivity contribution is 7.89. The van der Waals surface area contributed by atoms with Crippen molar-refractivity contribution < 1.29 is 17.9 Å². The van der Waals surface area contributed by atoms with Crippen molar-refractivity contribution in [1.82, 2.24) is 14.6 Å². The molecule has 24 heavy (non-hydrogen) atoms. The number of hydrogen-bond acceptors (Lipinski definition) is 5. The van der Waals surface area contributed by atoms with Crippen LogP contribution in [-0.2, 0) is 22.9 Å². The fourth-order valence-corrected chi connectivity index (χ4v) is 4.69. The highest BCUT2D eigenvalue weighted by atomic mass is 32.2. The van der Waals surface area contributed by atoms with Crippen molar-refractivity contribution in [1.29, 1.82) is 0 Å². The molecule has 0 saturated carbocycles. The Morgan fingerprint density at radius 1 is 1.29 bits per heavy atom. The number of fused-ring (bicyclic) bond motifs is 1. The summed E-state index contributed by atoms with van der Waals surface area (Å²) < 4.78 is 31.0. The lowest BCUT2D eigenvalue weighted by Gasteiger charge is -2.16. The van der Waals surface area contributed by atoms with Crippen LogP contribution in [0.2, 0.25) is 0 Å². The first-order valence-corrected chi connectivity index (χ1v) is 9.95. The summed E-state index contributed by atoms with van der Waals surface area (Å²) in [5.41, 5.74) is 2.43. The van der Waals surface area contributed by atoms with Gasteiger partial charge in [-0.15, -0.1) is 0 Å². The molecule has 0 bridgehead atoms. The summed E-state index contributed by atoms with van der Waals surface area (Å²) >= 11 is 0. The van der Waals surface area contributed by atoms with Crippen LogP contribution in [0.25, 0.3) is 0 Å². The van der Waals surface area contributed by atoms with Gasteiger partial charge in [0.1, 0.15) is 5.56 Å². The number of amides is 1. The van der Waals surface area contributed by atoms with Crippen molar-refractivity contribution in [2.24, 2.45) is 0 Å². The summed E-state index contributed by atoms with van der Waals surface area (Å²) in [7, 11) is -1.81. The van der Waals surface area contributed by atoms with E-state index in [1.807, 2.05) is 6.07 Å². The van der Waals surface area contributed by atoms with Gasteiger partial charge in [-0.05, 0) is 43.7 Å². The Balaban J connectivity index is 1.63. The quantitative estimate of drug-likeness (QED) is 0.815. The lowest BCUT2D eigenvalue weighted by atomic mass is 10.1. The van der Waals surface area contributed by atoms with Crippen LogP contribution in [0.15, 0.2) is 6.07 Å². The third-order valence-corrected chi connectivity index (χ3v) is 6.43. The van der Waals surface area contributed by atoms with Crippen LogP contribution in [0, 0.1) is 0 Å². The van der Waals surface area contributed by atoms with Crippen LogP contribution < -0.4 is 10.1 Å². The molecule has 0 spiro atoms. The molecule has 7 nitrogen and oxygen atoms in total. The first-order chi connectivity index (χ1) is 11.5. The molecule has 2 aliphatic rings. The summed E-state index contributed by atoms with van der Waals surface area (Å²) in [5, 5.41) is 2.68. The summed E-state index contributed by atoms with van der Waals surface area (Å²) in [4.78, 5) is 16.8. The van der Waals surface area contributed by atoms with Gasteiger partial charge in [-0.2, -0.15) is 0 Å². The second-order valence-corrected chi connectivity index (χ2v) is 8.27. The van der Waals surface area contributed by atoms with E-state index in [0.717, 1.165) is 43.4 Å². The van der Waals surface area contributed by atoms with Gasteiger partial charge >= 0.3 is 0 Å². The lowest BCUT2D eigenvalue weighted by molar-refractivity contribution is 0.0952. The Hall–Kier alpha value is -1.67. The number of carbonyl (C=O) groups is 1. The van der Waals surface area contributed by atoms with E-state index in [9.17, 15) is 13.2 Å². The van der Waals surface area contributed by atoms with Crippen molar-refractivity contribution in [3.63, 3.8) is 0 Å². The van der Waals surface area contributed by atoms with Crippen LogP contribution in [0.4, 0.5) is 0 Å². The topological polar surface area (TPSA) is 88.6 Å². The molecular formula is C16H23N3O4S. The van der Waals surface area contributed by atoms with E-state index in [1.165, 1.54) is 11.4 Å². The van der Waals surface area contributed by atoms with E-state index < -0.39 is 10.0 Å². The second-order valence-electron chi connectivity index (χ2n) is 6.18. The monoisotopic (exact) mass is 353 g/mol. The van der Waals surface area contributed by atoms with Crippen LogP contribution in [0.1, 0.15) is 40.9 Å². The van der Waals surface area contributed by atoms with Crippen LogP contribution in [0.5, 0.6) is 5.88 Å². The minimum atomic E-state index is -3.29. The number of nitrogens with zero attached hydrogens (tertiary/aromatic N) is 2. The number of aryl methyl sites for hydroxylation is 2. The molecule has 0 unspecified atom stereocenters. The molecule has 1 amide bonds. The van der Waals surface area contributed by atoms with Gasteiger partial charge in [0.2, 0.25) is 15.9 Å². The molecule has 132 valence electrons. The highest BCUT2D eigenvalue weighted by Crippen LogP contribution is 2.26. The van der Waals surface area contributed by atoms with Crippen LogP contribution in [-0.4, -0.2) is 56.1 Å².